The minimum absolute atomic E-state index is 0.0127. The van der Waals surface area contributed by atoms with Gasteiger partial charge in [0, 0.05) is 24.1 Å². The number of nitrogens with zero attached hydrogens (tertiary/aromatic N) is 1. The van der Waals surface area contributed by atoms with E-state index < -0.39 is 12.0 Å². The monoisotopic (exact) mass is 361 g/mol. The van der Waals surface area contributed by atoms with Gasteiger partial charge in [-0.25, -0.2) is 4.79 Å². The van der Waals surface area contributed by atoms with Crippen molar-refractivity contribution in [2.45, 2.75) is 18.9 Å². The lowest BCUT2D eigenvalue weighted by atomic mass is 10.0. The van der Waals surface area contributed by atoms with Crippen LogP contribution < -0.4 is 4.74 Å². The number of carbonyl (C=O) groups is 2. The molecule has 0 aliphatic heterocycles. The summed E-state index contributed by atoms with van der Waals surface area (Å²) >= 11 is 5.98. The first-order valence-corrected chi connectivity index (χ1v) is 8.15. The summed E-state index contributed by atoms with van der Waals surface area (Å²) in [6, 6.07) is 13.3. The number of carboxylic acids is 1. The first-order valence-electron chi connectivity index (χ1n) is 7.77. The Morgan fingerprint density at radius 1 is 1.20 bits per heavy atom. The van der Waals surface area contributed by atoms with E-state index in [2.05, 4.69) is 0 Å². The molecule has 1 N–H and O–H groups in total. The van der Waals surface area contributed by atoms with Crippen LogP contribution in [-0.4, -0.2) is 42.1 Å². The predicted octanol–water partition coefficient (Wildman–Crippen LogP) is 3.05. The summed E-state index contributed by atoms with van der Waals surface area (Å²) in [5.41, 5.74) is 1.48. The fourth-order valence-corrected chi connectivity index (χ4v) is 2.77. The molecule has 2 aromatic carbocycles. The summed E-state index contributed by atoms with van der Waals surface area (Å²) in [7, 11) is 3.01. The molecule has 132 valence electrons. The van der Waals surface area contributed by atoms with Crippen LogP contribution in [0.5, 0.6) is 5.75 Å². The first kappa shape index (κ1) is 18.8. The van der Waals surface area contributed by atoms with E-state index in [0.717, 1.165) is 5.56 Å². The normalized spacial score (nSPS) is 11.6. The van der Waals surface area contributed by atoms with E-state index in [0.29, 0.717) is 16.3 Å². The molecule has 0 aliphatic rings. The lowest BCUT2D eigenvalue weighted by Gasteiger charge is -2.25. The molecule has 0 radical (unpaired) electrons. The molecule has 1 amide bonds. The SMILES string of the molecule is COc1ccc(Cl)cc1CC(=O)N(C)C(Cc1ccccc1)C(=O)O. The number of hydrogen-bond acceptors (Lipinski definition) is 3. The summed E-state index contributed by atoms with van der Waals surface area (Å²) in [6.45, 7) is 0. The maximum atomic E-state index is 12.6. The molecule has 25 heavy (non-hydrogen) atoms. The highest BCUT2D eigenvalue weighted by molar-refractivity contribution is 6.30. The molecule has 0 aromatic heterocycles. The zero-order chi connectivity index (χ0) is 18.4. The van der Waals surface area contributed by atoms with E-state index in [1.807, 2.05) is 30.3 Å². The minimum atomic E-state index is -1.04. The maximum absolute atomic E-state index is 12.6. The Morgan fingerprint density at radius 3 is 2.48 bits per heavy atom. The second kappa shape index (κ2) is 8.53. The fraction of sp³-hybridized carbons (Fsp3) is 0.263. The van der Waals surface area contributed by atoms with Crippen LogP contribution in [0.15, 0.2) is 48.5 Å². The van der Waals surface area contributed by atoms with Crippen LogP contribution in [0.25, 0.3) is 0 Å². The number of benzene rings is 2. The molecular formula is C19H20ClNO4. The summed E-state index contributed by atoms with van der Waals surface area (Å²) in [6.07, 6.45) is 0.254. The lowest BCUT2D eigenvalue weighted by Crippen LogP contribution is -2.44. The summed E-state index contributed by atoms with van der Waals surface area (Å²) in [4.78, 5) is 25.5. The Kier molecular flexibility index (Phi) is 6.42. The van der Waals surface area contributed by atoms with E-state index in [1.54, 1.807) is 18.2 Å². The average molecular weight is 362 g/mol. The molecule has 5 nitrogen and oxygen atoms in total. The third kappa shape index (κ3) is 4.97. The molecule has 6 heteroatoms. The van der Waals surface area contributed by atoms with Gasteiger partial charge in [0.1, 0.15) is 11.8 Å². The van der Waals surface area contributed by atoms with Crippen molar-refractivity contribution in [2.75, 3.05) is 14.2 Å². The van der Waals surface area contributed by atoms with Gasteiger partial charge in [0.25, 0.3) is 0 Å². The number of aliphatic carboxylic acids is 1. The van der Waals surface area contributed by atoms with Crippen molar-refractivity contribution in [3.8, 4) is 5.75 Å². The smallest absolute Gasteiger partial charge is 0.326 e. The fourth-order valence-electron chi connectivity index (χ4n) is 2.57. The van der Waals surface area contributed by atoms with Crippen molar-refractivity contribution >= 4 is 23.5 Å². The molecule has 0 aliphatic carbocycles. The van der Waals surface area contributed by atoms with Gasteiger partial charge in [-0.3, -0.25) is 4.79 Å². The van der Waals surface area contributed by atoms with Crippen LogP contribution in [0.1, 0.15) is 11.1 Å². The lowest BCUT2D eigenvalue weighted by molar-refractivity contribution is -0.148. The molecule has 0 heterocycles. The van der Waals surface area contributed by atoms with Crippen LogP contribution in [0.4, 0.5) is 0 Å². The standard InChI is InChI=1S/C19H20ClNO4/c1-21(16(19(23)24)10-13-6-4-3-5-7-13)18(22)12-14-11-15(20)8-9-17(14)25-2/h3-9,11,16H,10,12H2,1-2H3,(H,23,24). The van der Waals surface area contributed by atoms with E-state index in [1.165, 1.54) is 19.1 Å². The molecular weight excluding hydrogens is 342 g/mol. The van der Waals surface area contributed by atoms with Gasteiger partial charge in [0.2, 0.25) is 5.91 Å². The van der Waals surface area contributed by atoms with Gasteiger partial charge in [0.15, 0.2) is 0 Å². The zero-order valence-corrected chi connectivity index (χ0v) is 14.9. The highest BCUT2D eigenvalue weighted by atomic mass is 35.5. The first-order chi connectivity index (χ1) is 11.9. The number of carbonyl (C=O) groups excluding carboxylic acids is 1. The highest BCUT2D eigenvalue weighted by Crippen LogP contribution is 2.24. The van der Waals surface area contributed by atoms with Crippen LogP contribution >= 0.6 is 11.6 Å². The van der Waals surface area contributed by atoms with Gasteiger partial charge in [0.05, 0.1) is 13.5 Å². The number of ether oxygens (including phenoxy) is 1. The third-order valence-corrected chi connectivity index (χ3v) is 4.24. The van der Waals surface area contributed by atoms with Crippen molar-refractivity contribution in [2.24, 2.45) is 0 Å². The van der Waals surface area contributed by atoms with Crippen molar-refractivity contribution in [3.63, 3.8) is 0 Å². The second-order valence-corrected chi connectivity index (χ2v) is 6.12. The summed E-state index contributed by atoms with van der Waals surface area (Å²) in [5.74, 6) is -0.817. The van der Waals surface area contributed by atoms with Gasteiger partial charge in [-0.1, -0.05) is 41.9 Å². The number of rotatable bonds is 7. The number of amides is 1. The quantitative estimate of drug-likeness (QED) is 0.823. The Hall–Kier alpha value is -2.53. The van der Waals surface area contributed by atoms with E-state index >= 15 is 0 Å². The van der Waals surface area contributed by atoms with Crippen LogP contribution in [0.2, 0.25) is 5.02 Å². The molecule has 2 aromatic rings. The van der Waals surface area contributed by atoms with Crippen LogP contribution in [-0.2, 0) is 22.4 Å². The topological polar surface area (TPSA) is 66.8 Å². The van der Waals surface area contributed by atoms with E-state index in [-0.39, 0.29) is 18.7 Å². The summed E-state index contributed by atoms with van der Waals surface area (Å²) < 4.78 is 5.24. The molecule has 0 bridgehead atoms. The molecule has 1 atom stereocenters. The Bertz CT molecular complexity index is 748. The number of methoxy groups -OCH3 is 1. The Labute approximate surface area is 151 Å². The highest BCUT2D eigenvalue weighted by Gasteiger charge is 2.27. The number of likely N-dealkylation sites (N-methyl/N-ethyl adjacent to an activating group) is 1. The minimum Gasteiger partial charge on any atom is -0.496 e. The van der Waals surface area contributed by atoms with Gasteiger partial charge in [-0.05, 0) is 23.8 Å². The van der Waals surface area contributed by atoms with E-state index in [4.69, 9.17) is 16.3 Å². The molecule has 0 spiro atoms. The van der Waals surface area contributed by atoms with Gasteiger partial charge < -0.3 is 14.7 Å². The molecule has 0 saturated heterocycles. The van der Waals surface area contributed by atoms with Gasteiger partial charge >= 0.3 is 5.97 Å². The number of hydrogen-bond donors (Lipinski definition) is 1. The maximum Gasteiger partial charge on any atom is 0.326 e. The molecule has 0 saturated carbocycles. The third-order valence-electron chi connectivity index (χ3n) is 4.00. The molecule has 2 rings (SSSR count). The molecule has 1 unspecified atom stereocenters. The zero-order valence-electron chi connectivity index (χ0n) is 14.1. The van der Waals surface area contributed by atoms with E-state index in [9.17, 15) is 14.7 Å². The predicted molar refractivity (Wildman–Crippen MR) is 96.0 cm³/mol. The van der Waals surface area contributed by atoms with Crippen molar-refractivity contribution in [1.82, 2.24) is 4.90 Å². The molecule has 0 fully saturated rings. The van der Waals surface area contributed by atoms with Gasteiger partial charge in [-0.2, -0.15) is 0 Å². The number of carboxylic acid groups (broad SMARTS) is 1. The van der Waals surface area contributed by atoms with Gasteiger partial charge in [-0.15, -0.1) is 0 Å². The largest absolute Gasteiger partial charge is 0.496 e. The van der Waals surface area contributed by atoms with Crippen LogP contribution in [0, 0.1) is 0 Å². The van der Waals surface area contributed by atoms with Crippen molar-refractivity contribution in [1.29, 1.82) is 0 Å². The van der Waals surface area contributed by atoms with Crippen molar-refractivity contribution < 1.29 is 19.4 Å². The van der Waals surface area contributed by atoms with Crippen molar-refractivity contribution in [3.05, 3.63) is 64.7 Å². The Balaban J connectivity index is 2.16. The second-order valence-electron chi connectivity index (χ2n) is 5.68. The number of halogens is 1. The Morgan fingerprint density at radius 2 is 1.88 bits per heavy atom. The average Bonchev–Trinajstić information content (AvgIpc) is 2.60. The summed E-state index contributed by atoms with van der Waals surface area (Å²) in [5, 5.41) is 10.0. The van der Waals surface area contributed by atoms with Crippen LogP contribution in [0.3, 0.4) is 0 Å².